The summed E-state index contributed by atoms with van der Waals surface area (Å²) >= 11 is 6.22. The Labute approximate surface area is 170 Å². The lowest BCUT2D eigenvalue weighted by molar-refractivity contribution is 0.0642. The molecule has 5 nitrogen and oxygen atoms in total. The van der Waals surface area contributed by atoms with Crippen LogP contribution in [0.25, 0.3) is 0 Å². The van der Waals surface area contributed by atoms with Gasteiger partial charge in [-0.1, -0.05) is 17.7 Å². The normalized spacial score (nSPS) is 17.4. The molecule has 28 heavy (non-hydrogen) atoms. The molecule has 2 aliphatic rings. The maximum atomic E-state index is 12.8. The maximum Gasteiger partial charge on any atom is 0.253 e. The van der Waals surface area contributed by atoms with Crippen LogP contribution in [0.1, 0.15) is 53.1 Å². The van der Waals surface area contributed by atoms with Crippen LogP contribution in [0, 0.1) is 12.8 Å². The third kappa shape index (κ3) is 4.65. The molecule has 1 amide bonds. The molecule has 1 saturated carbocycles. The molecule has 1 aromatic carbocycles. The number of halogens is 1. The van der Waals surface area contributed by atoms with Crippen molar-refractivity contribution in [1.29, 1.82) is 0 Å². The van der Waals surface area contributed by atoms with E-state index >= 15 is 0 Å². The fourth-order valence-electron chi connectivity index (χ4n) is 3.56. The Hall–Kier alpha value is -2.11. The van der Waals surface area contributed by atoms with Gasteiger partial charge in [-0.25, -0.2) is 4.98 Å². The molecule has 6 heteroatoms. The van der Waals surface area contributed by atoms with Gasteiger partial charge in [0.1, 0.15) is 5.82 Å². The van der Waals surface area contributed by atoms with Crippen molar-refractivity contribution in [3.8, 4) is 0 Å². The number of rotatable bonds is 6. The summed E-state index contributed by atoms with van der Waals surface area (Å²) in [5.41, 5.74) is 3.71. The number of hydrogen-bond donors (Lipinski definition) is 2. The molecule has 2 aromatic rings. The smallest absolute Gasteiger partial charge is 0.253 e. The fourth-order valence-corrected chi connectivity index (χ4v) is 3.74. The van der Waals surface area contributed by atoms with E-state index in [1.54, 1.807) is 6.20 Å². The first-order valence-electron chi connectivity index (χ1n) is 9.99. The SMILES string of the molecule is Cc1ccc(Nc2cc(C3CC3)c(C(=O)NCC3CCOCC3)cn2)cc1Cl. The minimum absolute atomic E-state index is 0.0224. The minimum atomic E-state index is -0.0224. The van der Waals surface area contributed by atoms with E-state index in [-0.39, 0.29) is 5.91 Å². The van der Waals surface area contributed by atoms with Gasteiger partial charge in [0.25, 0.3) is 5.91 Å². The van der Waals surface area contributed by atoms with Crippen molar-refractivity contribution >= 4 is 29.0 Å². The average molecular weight is 400 g/mol. The number of ether oxygens (including phenoxy) is 1. The Morgan fingerprint density at radius 2 is 2.00 bits per heavy atom. The highest BCUT2D eigenvalue weighted by molar-refractivity contribution is 6.31. The lowest BCUT2D eigenvalue weighted by atomic mass is 10.00. The number of carbonyl (C=O) groups is 1. The summed E-state index contributed by atoms with van der Waals surface area (Å²) in [5.74, 6) is 1.67. The maximum absolute atomic E-state index is 12.8. The number of aromatic nitrogens is 1. The standard InChI is InChI=1S/C22H26ClN3O2/c1-14-2-5-17(10-20(14)23)26-21-11-18(16-3-4-16)19(13-24-21)22(27)25-12-15-6-8-28-9-7-15/h2,5,10-11,13,15-16H,3-4,6-9,12H2,1H3,(H,24,26)(H,25,27). The van der Waals surface area contributed by atoms with E-state index in [1.165, 1.54) is 0 Å². The monoisotopic (exact) mass is 399 g/mol. The third-order valence-corrected chi connectivity index (χ3v) is 5.94. The quantitative estimate of drug-likeness (QED) is 0.730. The van der Waals surface area contributed by atoms with E-state index in [9.17, 15) is 4.79 Å². The zero-order valence-electron chi connectivity index (χ0n) is 16.1. The van der Waals surface area contributed by atoms with E-state index in [1.807, 2.05) is 31.2 Å². The van der Waals surface area contributed by atoms with E-state index in [4.69, 9.17) is 16.3 Å². The Balaban J connectivity index is 1.47. The van der Waals surface area contributed by atoms with Crippen LogP contribution in [0.5, 0.6) is 0 Å². The topological polar surface area (TPSA) is 63.2 Å². The lowest BCUT2D eigenvalue weighted by Crippen LogP contribution is -2.32. The van der Waals surface area contributed by atoms with Gasteiger partial charge in [0, 0.05) is 36.7 Å². The molecule has 0 bridgehead atoms. The number of benzene rings is 1. The van der Waals surface area contributed by atoms with Gasteiger partial charge in [-0.05, 0) is 73.8 Å². The van der Waals surface area contributed by atoms with Gasteiger partial charge >= 0.3 is 0 Å². The predicted molar refractivity (Wildman–Crippen MR) is 112 cm³/mol. The number of nitrogens with zero attached hydrogens (tertiary/aromatic N) is 1. The first kappa shape index (κ1) is 19.2. The third-order valence-electron chi connectivity index (χ3n) is 5.53. The number of carbonyl (C=O) groups excluding carboxylic acids is 1. The Morgan fingerprint density at radius 3 is 2.71 bits per heavy atom. The summed E-state index contributed by atoms with van der Waals surface area (Å²) in [5, 5.41) is 7.12. The zero-order valence-corrected chi connectivity index (χ0v) is 16.9. The molecule has 2 fully saturated rings. The number of amides is 1. The summed E-state index contributed by atoms with van der Waals surface area (Å²) in [4.78, 5) is 17.2. The second kappa shape index (κ2) is 8.50. The van der Waals surface area contributed by atoms with Crippen molar-refractivity contribution in [2.45, 2.75) is 38.5 Å². The highest BCUT2D eigenvalue weighted by Crippen LogP contribution is 2.42. The van der Waals surface area contributed by atoms with E-state index in [2.05, 4.69) is 15.6 Å². The summed E-state index contributed by atoms with van der Waals surface area (Å²) in [6, 6.07) is 7.86. The number of nitrogens with one attached hydrogen (secondary N) is 2. The summed E-state index contributed by atoms with van der Waals surface area (Å²) in [6.07, 6.45) is 5.97. The first-order chi connectivity index (χ1) is 13.6. The van der Waals surface area contributed by atoms with Crippen LogP contribution in [-0.4, -0.2) is 30.6 Å². The average Bonchev–Trinajstić information content (AvgIpc) is 3.55. The van der Waals surface area contributed by atoms with Crippen LogP contribution >= 0.6 is 11.6 Å². The number of hydrogen-bond acceptors (Lipinski definition) is 4. The minimum Gasteiger partial charge on any atom is -0.381 e. The molecule has 0 unspecified atom stereocenters. The van der Waals surface area contributed by atoms with E-state index in [0.29, 0.717) is 23.9 Å². The summed E-state index contributed by atoms with van der Waals surface area (Å²) in [7, 11) is 0. The van der Waals surface area contributed by atoms with E-state index in [0.717, 1.165) is 66.6 Å². The highest BCUT2D eigenvalue weighted by atomic mass is 35.5. The lowest BCUT2D eigenvalue weighted by Gasteiger charge is -2.22. The second-order valence-electron chi connectivity index (χ2n) is 7.79. The van der Waals surface area contributed by atoms with Crippen LogP contribution in [0.4, 0.5) is 11.5 Å². The molecule has 1 aliphatic carbocycles. The molecule has 1 aliphatic heterocycles. The van der Waals surface area contributed by atoms with Crippen molar-refractivity contribution in [1.82, 2.24) is 10.3 Å². The second-order valence-corrected chi connectivity index (χ2v) is 8.19. The van der Waals surface area contributed by atoms with Gasteiger partial charge in [0.05, 0.1) is 5.56 Å². The molecule has 2 heterocycles. The van der Waals surface area contributed by atoms with Crippen molar-refractivity contribution in [2.24, 2.45) is 5.92 Å². The fraction of sp³-hybridized carbons (Fsp3) is 0.455. The van der Waals surface area contributed by atoms with Gasteiger partial charge in [0.15, 0.2) is 0 Å². The van der Waals surface area contributed by atoms with E-state index < -0.39 is 0 Å². The number of aryl methyl sites for hydroxylation is 1. The molecular formula is C22H26ClN3O2. The molecule has 148 valence electrons. The molecular weight excluding hydrogens is 374 g/mol. The Kier molecular flexibility index (Phi) is 5.83. The zero-order chi connectivity index (χ0) is 19.5. The largest absolute Gasteiger partial charge is 0.381 e. The van der Waals surface area contributed by atoms with Gasteiger partial charge in [-0.3, -0.25) is 4.79 Å². The number of anilines is 2. The Morgan fingerprint density at radius 1 is 1.21 bits per heavy atom. The molecule has 0 spiro atoms. The predicted octanol–water partition coefficient (Wildman–Crippen LogP) is 4.82. The highest BCUT2D eigenvalue weighted by Gasteiger charge is 2.29. The Bertz CT molecular complexity index is 861. The van der Waals surface area contributed by atoms with Crippen LogP contribution in [0.3, 0.4) is 0 Å². The molecule has 1 aromatic heterocycles. The van der Waals surface area contributed by atoms with Crippen LogP contribution < -0.4 is 10.6 Å². The molecule has 2 N–H and O–H groups in total. The molecule has 0 atom stereocenters. The van der Waals surface area contributed by atoms with Gasteiger partial charge in [0.2, 0.25) is 0 Å². The van der Waals surface area contributed by atoms with Crippen molar-refractivity contribution in [3.63, 3.8) is 0 Å². The molecule has 1 saturated heterocycles. The van der Waals surface area contributed by atoms with Crippen molar-refractivity contribution in [2.75, 3.05) is 25.1 Å². The van der Waals surface area contributed by atoms with Crippen molar-refractivity contribution in [3.05, 3.63) is 52.2 Å². The van der Waals surface area contributed by atoms with Gasteiger partial charge in [-0.2, -0.15) is 0 Å². The number of pyridine rings is 1. The molecule has 4 rings (SSSR count). The summed E-state index contributed by atoms with van der Waals surface area (Å²) < 4.78 is 5.39. The van der Waals surface area contributed by atoms with Gasteiger partial charge in [-0.15, -0.1) is 0 Å². The van der Waals surface area contributed by atoms with Crippen molar-refractivity contribution < 1.29 is 9.53 Å². The summed E-state index contributed by atoms with van der Waals surface area (Å²) in [6.45, 7) is 4.26. The molecule has 0 radical (unpaired) electrons. The first-order valence-corrected chi connectivity index (χ1v) is 10.4. The van der Waals surface area contributed by atoms with Crippen LogP contribution in [-0.2, 0) is 4.74 Å². The van der Waals surface area contributed by atoms with Crippen LogP contribution in [0.2, 0.25) is 5.02 Å². The van der Waals surface area contributed by atoms with Crippen LogP contribution in [0.15, 0.2) is 30.5 Å². The van der Waals surface area contributed by atoms with Gasteiger partial charge < -0.3 is 15.4 Å².